The summed E-state index contributed by atoms with van der Waals surface area (Å²) in [4.78, 5) is 27.7. The number of nitrogens with one attached hydrogen (secondary N) is 1. The lowest BCUT2D eigenvalue weighted by atomic mass is 9.97. The Kier molecular flexibility index (Phi) is 6.92. The molecule has 0 aliphatic carbocycles. The molecule has 2 rings (SSSR count). The van der Waals surface area contributed by atoms with Crippen LogP contribution >= 0.6 is 11.3 Å². The van der Waals surface area contributed by atoms with Crippen LogP contribution in [-0.2, 0) is 16.0 Å². The van der Waals surface area contributed by atoms with Crippen LogP contribution in [0, 0.1) is 5.92 Å². The van der Waals surface area contributed by atoms with Crippen LogP contribution in [0.2, 0.25) is 0 Å². The Balaban J connectivity index is 1.86. The smallest absolute Gasteiger partial charge is 0.319 e. The van der Waals surface area contributed by atoms with E-state index in [1.807, 2.05) is 6.92 Å². The molecule has 0 saturated carbocycles. The van der Waals surface area contributed by atoms with Crippen molar-refractivity contribution in [3.8, 4) is 0 Å². The van der Waals surface area contributed by atoms with E-state index in [-0.39, 0.29) is 17.9 Å². The molecule has 0 radical (unpaired) electrons. The van der Waals surface area contributed by atoms with E-state index < -0.39 is 0 Å². The minimum Gasteiger partial charge on any atom is -0.381 e. The number of rotatable bonds is 6. The van der Waals surface area contributed by atoms with Gasteiger partial charge in [0.25, 0.3) is 0 Å². The zero-order valence-electron chi connectivity index (χ0n) is 14.4. The van der Waals surface area contributed by atoms with Crippen molar-refractivity contribution in [3.63, 3.8) is 0 Å². The summed E-state index contributed by atoms with van der Waals surface area (Å²) >= 11 is 1.36. The largest absolute Gasteiger partial charge is 0.381 e. The van der Waals surface area contributed by atoms with Crippen LogP contribution in [0.4, 0.5) is 9.93 Å². The van der Waals surface area contributed by atoms with E-state index in [0.717, 1.165) is 17.8 Å². The first-order valence-corrected chi connectivity index (χ1v) is 9.00. The maximum atomic E-state index is 12.4. The number of ether oxygens (including phenoxy) is 1. The van der Waals surface area contributed by atoms with E-state index in [1.165, 1.54) is 16.2 Å². The average molecular weight is 355 g/mol. The van der Waals surface area contributed by atoms with Gasteiger partial charge in [-0.1, -0.05) is 11.3 Å². The average Bonchev–Trinajstić information content (AvgIpc) is 3.01. The number of amides is 3. The molecule has 1 aromatic heterocycles. The normalized spacial score (nSPS) is 17.6. The highest BCUT2D eigenvalue weighted by Gasteiger charge is 2.29. The van der Waals surface area contributed by atoms with Gasteiger partial charge >= 0.3 is 6.03 Å². The first-order chi connectivity index (χ1) is 11.5. The quantitative estimate of drug-likeness (QED) is 0.781. The Hall–Kier alpha value is -1.74. The SMILES string of the molecule is CCOCCc1nnc(NC(=O)[C@H]2CCCN(C(=O)N(C)C)C2)s1. The zero-order valence-corrected chi connectivity index (χ0v) is 15.3. The second-order valence-corrected chi connectivity index (χ2v) is 6.96. The summed E-state index contributed by atoms with van der Waals surface area (Å²) in [5, 5.41) is 12.2. The van der Waals surface area contributed by atoms with Crippen molar-refractivity contribution in [2.75, 3.05) is 45.7 Å². The van der Waals surface area contributed by atoms with E-state index in [1.54, 1.807) is 19.0 Å². The first kappa shape index (κ1) is 18.6. The van der Waals surface area contributed by atoms with Gasteiger partial charge in [0.15, 0.2) is 0 Å². The van der Waals surface area contributed by atoms with Gasteiger partial charge in [-0.05, 0) is 19.8 Å². The second kappa shape index (κ2) is 8.93. The fourth-order valence-corrected chi connectivity index (χ4v) is 3.29. The standard InChI is InChI=1S/C15H25N5O3S/c1-4-23-9-7-12-17-18-14(24-12)16-13(21)11-6-5-8-20(10-11)15(22)19(2)3/h11H,4-10H2,1-3H3,(H,16,18,21)/t11-/m0/s1. The third kappa shape index (κ3) is 5.13. The van der Waals surface area contributed by atoms with E-state index in [9.17, 15) is 9.59 Å². The highest BCUT2D eigenvalue weighted by Crippen LogP contribution is 2.21. The van der Waals surface area contributed by atoms with Crippen LogP contribution in [0.5, 0.6) is 0 Å². The van der Waals surface area contributed by atoms with Gasteiger partial charge in [-0.15, -0.1) is 10.2 Å². The number of hydrogen-bond donors (Lipinski definition) is 1. The number of hydrogen-bond acceptors (Lipinski definition) is 6. The molecule has 3 amide bonds. The third-order valence-electron chi connectivity index (χ3n) is 3.81. The fourth-order valence-electron chi connectivity index (χ4n) is 2.56. The lowest BCUT2D eigenvalue weighted by molar-refractivity contribution is -0.121. The van der Waals surface area contributed by atoms with Gasteiger partial charge in [-0.2, -0.15) is 0 Å². The summed E-state index contributed by atoms with van der Waals surface area (Å²) in [5.74, 6) is -0.308. The lowest BCUT2D eigenvalue weighted by Crippen LogP contribution is -2.47. The number of urea groups is 1. The minimum atomic E-state index is -0.210. The van der Waals surface area contributed by atoms with Gasteiger partial charge in [-0.3, -0.25) is 4.79 Å². The van der Waals surface area contributed by atoms with Crippen molar-refractivity contribution < 1.29 is 14.3 Å². The lowest BCUT2D eigenvalue weighted by Gasteiger charge is -2.33. The molecule has 1 aromatic rings. The summed E-state index contributed by atoms with van der Waals surface area (Å²) in [7, 11) is 3.44. The van der Waals surface area contributed by atoms with Gasteiger partial charge in [0, 0.05) is 40.2 Å². The molecule has 1 aliphatic heterocycles. The maximum absolute atomic E-state index is 12.4. The number of carbonyl (C=O) groups excluding carboxylic acids is 2. The molecule has 1 N–H and O–H groups in total. The van der Waals surface area contributed by atoms with Gasteiger partial charge in [0.2, 0.25) is 11.0 Å². The summed E-state index contributed by atoms with van der Waals surface area (Å²) in [6.07, 6.45) is 2.29. The number of likely N-dealkylation sites (tertiary alicyclic amines) is 1. The second-order valence-electron chi connectivity index (χ2n) is 5.90. The molecule has 0 unspecified atom stereocenters. The van der Waals surface area contributed by atoms with Crippen LogP contribution in [0.25, 0.3) is 0 Å². The molecule has 1 aliphatic rings. The Morgan fingerprint density at radius 3 is 2.92 bits per heavy atom. The Bertz CT molecular complexity index is 563. The van der Waals surface area contributed by atoms with Crippen molar-refractivity contribution in [2.24, 2.45) is 5.92 Å². The third-order valence-corrected chi connectivity index (χ3v) is 4.71. The van der Waals surface area contributed by atoms with Crippen molar-refractivity contribution in [2.45, 2.75) is 26.2 Å². The molecule has 134 valence electrons. The number of anilines is 1. The molecule has 9 heteroatoms. The molecule has 0 aromatic carbocycles. The number of aromatic nitrogens is 2. The maximum Gasteiger partial charge on any atom is 0.319 e. The first-order valence-electron chi connectivity index (χ1n) is 8.18. The molecule has 8 nitrogen and oxygen atoms in total. The fraction of sp³-hybridized carbons (Fsp3) is 0.733. The molecule has 24 heavy (non-hydrogen) atoms. The van der Waals surface area contributed by atoms with Crippen LogP contribution in [0.1, 0.15) is 24.8 Å². The number of carbonyl (C=O) groups is 2. The highest BCUT2D eigenvalue weighted by atomic mass is 32.1. The molecule has 2 heterocycles. The number of nitrogens with zero attached hydrogens (tertiary/aromatic N) is 4. The Labute approximate surface area is 146 Å². The number of piperidine rings is 1. The summed E-state index contributed by atoms with van der Waals surface area (Å²) in [5.41, 5.74) is 0. The van der Waals surface area contributed by atoms with Crippen molar-refractivity contribution in [1.82, 2.24) is 20.0 Å². The summed E-state index contributed by atoms with van der Waals surface area (Å²) in [6, 6.07) is -0.0541. The predicted molar refractivity (Wildman–Crippen MR) is 92.1 cm³/mol. The topological polar surface area (TPSA) is 87.7 Å². The van der Waals surface area contributed by atoms with Crippen molar-refractivity contribution in [3.05, 3.63) is 5.01 Å². The molecule has 1 fully saturated rings. The van der Waals surface area contributed by atoms with Gasteiger partial charge < -0.3 is 19.9 Å². The summed E-state index contributed by atoms with van der Waals surface area (Å²) in [6.45, 7) is 4.36. The monoisotopic (exact) mass is 355 g/mol. The van der Waals surface area contributed by atoms with Crippen LogP contribution < -0.4 is 5.32 Å². The van der Waals surface area contributed by atoms with E-state index >= 15 is 0 Å². The summed E-state index contributed by atoms with van der Waals surface area (Å²) < 4.78 is 5.29. The molecule has 0 bridgehead atoms. The predicted octanol–water partition coefficient (Wildman–Crippen LogP) is 1.45. The van der Waals surface area contributed by atoms with E-state index in [0.29, 0.717) is 37.9 Å². The van der Waals surface area contributed by atoms with Crippen molar-refractivity contribution in [1.29, 1.82) is 0 Å². The van der Waals surface area contributed by atoms with Crippen LogP contribution in [0.15, 0.2) is 0 Å². The van der Waals surface area contributed by atoms with Crippen molar-refractivity contribution >= 4 is 28.4 Å². The molecule has 1 atom stereocenters. The van der Waals surface area contributed by atoms with Crippen LogP contribution in [-0.4, -0.2) is 72.3 Å². The van der Waals surface area contributed by atoms with E-state index in [2.05, 4.69) is 15.5 Å². The minimum absolute atomic E-state index is 0.0541. The molecular formula is C15H25N5O3S. The molecular weight excluding hydrogens is 330 g/mol. The Morgan fingerprint density at radius 2 is 2.21 bits per heavy atom. The highest BCUT2D eigenvalue weighted by molar-refractivity contribution is 7.15. The van der Waals surface area contributed by atoms with E-state index in [4.69, 9.17) is 4.74 Å². The van der Waals surface area contributed by atoms with Crippen LogP contribution in [0.3, 0.4) is 0 Å². The van der Waals surface area contributed by atoms with Gasteiger partial charge in [0.05, 0.1) is 12.5 Å². The van der Waals surface area contributed by atoms with Gasteiger partial charge in [0.1, 0.15) is 5.01 Å². The molecule has 1 saturated heterocycles. The zero-order chi connectivity index (χ0) is 17.5. The Morgan fingerprint density at radius 1 is 1.42 bits per heavy atom. The molecule has 0 spiro atoms. The van der Waals surface area contributed by atoms with Gasteiger partial charge in [-0.25, -0.2) is 4.79 Å².